The van der Waals surface area contributed by atoms with Crippen molar-refractivity contribution in [1.82, 2.24) is 10.6 Å². The second kappa shape index (κ2) is 14.5. The highest BCUT2D eigenvalue weighted by Gasteiger charge is 2.24. The Kier molecular flexibility index (Phi) is 12.8. The van der Waals surface area contributed by atoms with Crippen LogP contribution in [0.2, 0.25) is 0 Å². The van der Waals surface area contributed by atoms with E-state index in [2.05, 4.69) is 46.5 Å². The van der Waals surface area contributed by atoms with E-state index in [0.29, 0.717) is 19.2 Å². The molecule has 0 aliphatic carbocycles. The number of nitrogens with zero attached hydrogens (tertiary/aromatic N) is 2. The first kappa shape index (κ1) is 25.6. The first-order valence-electron chi connectivity index (χ1n) is 10.3. The van der Waals surface area contributed by atoms with E-state index in [1.54, 1.807) is 14.2 Å². The molecular formula is C21H37IN4O3. The van der Waals surface area contributed by atoms with Gasteiger partial charge in [0.2, 0.25) is 0 Å². The molecule has 0 saturated carbocycles. The van der Waals surface area contributed by atoms with Crippen LogP contribution in [0.4, 0.5) is 5.69 Å². The highest BCUT2D eigenvalue weighted by Crippen LogP contribution is 2.30. The fourth-order valence-corrected chi connectivity index (χ4v) is 3.17. The SMILES string of the molecule is CCCCOCCN=C(NCC)NC1CCN(c2cc(OC)cc(OC)c2)C1.I. The average Bonchev–Trinajstić information content (AvgIpc) is 3.18. The van der Waals surface area contributed by atoms with Crippen molar-refractivity contribution in [3.8, 4) is 11.5 Å². The van der Waals surface area contributed by atoms with Gasteiger partial charge in [0.25, 0.3) is 0 Å². The van der Waals surface area contributed by atoms with Gasteiger partial charge in [0.15, 0.2) is 5.96 Å². The minimum absolute atomic E-state index is 0. The number of hydrogen-bond acceptors (Lipinski definition) is 5. The van der Waals surface area contributed by atoms with Gasteiger partial charge in [-0.1, -0.05) is 13.3 Å². The smallest absolute Gasteiger partial charge is 0.191 e. The number of nitrogens with one attached hydrogen (secondary N) is 2. The highest BCUT2D eigenvalue weighted by molar-refractivity contribution is 14.0. The Balaban J connectivity index is 0.00000420. The van der Waals surface area contributed by atoms with Gasteiger partial charge >= 0.3 is 0 Å². The van der Waals surface area contributed by atoms with E-state index in [4.69, 9.17) is 14.2 Å². The number of methoxy groups -OCH3 is 2. The van der Waals surface area contributed by atoms with Gasteiger partial charge in [-0.05, 0) is 19.8 Å². The summed E-state index contributed by atoms with van der Waals surface area (Å²) < 4.78 is 16.4. The van der Waals surface area contributed by atoms with Gasteiger partial charge in [0, 0.05) is 56.2 Å². The van der Waals surface area contributed by atoms with Gasteiger partial charge in [-0.2, -0.15) is 0 Å². The molecule has 1 unspecified atom stereocenters. The molecule has 1 atom stereocenters. The van der Waals surface area contributed by atoms with E-state index in [1.807, 2.05) is 6.07 Å². The maximum absolute atomic E-state index is 5.60. The Labute approximate surface area is 192 Å². The van der Waals surface area contributed by atoms with E-state index >= 15 is 0 Å². The third-order valence-corrected chi connectivity index (χ3v) is 4.72. The summed E-state index contributed by atoms with van der Waals surface area (Å²) in [4.78, 5) is 6.99. The largest absolute Gasteiger partial charge is 0.497 e. The lowest BCUT2D eigenvalue weighted by atomic mass is 10.2. The van der Waals surface area contributed by atoms with Gasteiger partial charge in [-0.15, -0.1) is 24.0 Å². The molecular weight excluding hydrogens is 483 g/mol. The second-order valence-corrected chi connectivity index (χ2v) is 6.87. The maximum atomic E-state index is 5.60. The minimum atomic E-state index is 0. The predicted molar refractivity (Wildman–Crippen MR) is 130 cm³/mol. The number of halogens is 1. The summed E-state index contributed by atoms with van der Waals surface area (Å²) in [6.45, 7) is 9.13. The van der Waals surface area contributed by atoms with Gasteiger partial charge in [-0.3, -0.25) is 4.99 Å². The number of ether oxygens (including phenoxy) is 3. The zero-order valence-electron chi connectivity index (χ0n) is 18.2. The molecule has 166 valence electrons. The summed E-state index contributed by atoms with van der Waals surface area (Å²) in [5, 5.41) is 6.88. The first-order valence-corrected chi connectivity index (χ1v) is 10.3. The fraction of sp³-hybridized carbons (Fsp3) is 0.667. The van der Waals surface area contributed by atoms with E-state index in [9.17, 15) is 0 Å². The number of rotatable bonds is 11. The lowest BCUT2D eigenvalue weighted by Gasteiger charge is -2.21. The first-order chi connectivity index (χ1) is 13.7. The van der Waals surface area contributed by atoms with Crippen LogP contribution in [0.15, 0.2) is 23.2 Å². The Morgan fingerprint density at radius 1 is 1.14 bits per heavy atom. The van der Waals surface area contributed by atoms with Crippen LogP contribution in [0.25, 0.3) is 0 Å². The standard InChI is InChI=1S/C21H36N4O3.HI/c1-5-7-11-28-12-9-23-21(22-6-2)24-17-8-10-25(16-17)18-13-19(26-3)15-20(14-18)27-4;/h13-15,17H,5-12,16H2,1-4H3,(H2,22,23,24);1H. The molecule has 1 aliphatic heterocycles. The molecule has 1 heterocycles. The quantitative estimate of drug-likeness (QED) is 0.202. The number of unbranched alkanes of at least 4 members (excludes halogenated alkanes) is 1. The molecule has 2 N–H and O–H groups in total. The summed E-state index contributed by atoms with van der Waals surface area (Å²) >= 11 is 0. The predicted octanol–water partition coefficient (Wildman–Crippen LogP) is 3.27. The topological polar surface area (TPSA) is 67.4 Å². The summed E-state index contributed by atoms with van der Waals surface area (Å²) in [5.74, 6) is 2.48. The van der Waals surface area contributed by atoms with E-state index in [-0.39, 0.29) is 24.0 Å². The third-order valence-electron chi connectivity index (χ3n) is 4.72. The monoisotopic (exact) mass is 520 g/mol. The second-order valence-electron chi connectivity index (χ2n) is 6.87. The third kappa shape index (κ3) is 8.86. The number of aliphatic imine (C=N–C) groups is 1. The van der Waals surface area contributed by atoms with Crippen LogP contribution >= 0.6 is 24.0 Å². The van der Waals surface area contributed by atoms with Crippen molar-refractivity contribution in [2.24, 2.45) is 4.99 Å². The van der Waals surface area contributed by atoms with Crippen LogP contribution in [0, 0.1) is 0 Å². The van der Waals surface area contributed by atoms with Crippen molar-refractivity contribution >= 4 is 35.6 Å². The van der Waals surface area contributed by atoms with Crippen molar-refractivity contribution in [2.45, 2.75) is 39.2 Å². The lowest BCUT2D eigenvalue weighted by molar-refractivity contribution is 0.139. The summed E-state index contributed by atoms with van der Waals surface area (Å²) in [7, 11) is 3.36. The average molecular weight is 520 g/mol. The number of hydrogen-bond donors (Lipinski definition) is 2. The van der Waals surface area contributed by atoms with Gasteiger partial charge in [0.1, 0.15) is 11.5 Å². The molecule has 0 bridgehead atoms. The summed E-state index contributed by atoms with van der Waals surface area (Å²) in [5.41, 5.74) is 1.12. The summed E-state index contributed by atoms with van der Waals surface area (Å²) in [6, 6.07) is 6.35. The molecule has 29 heavy (non-hydrogen) atoms. The van der Waals surface area contributed by atoms with Crippen LogP contribution in [-0.4, -0.2) is 65.6 Å². The number of guanidine groups is 1. The molecule has 2 rings (SSSR count). The van der Waals surface area contributed by atoms with Crippen molar-refractivity contribution in [2.75, 3.05) is 58.5 Å². The Bertz CT molecular complexity index is 593. The van der Waals surface area contributed by atoms with E-state index in [1.165, 1.54) is 0 Å². The van der Waals surface area contributed by atoms with Crippen LogP contribution in [-0.2, 0) is 4.74 Å². The molecule has 1 aliphatic rings. The Morgan fingerprint density at radius 3 is 2.48 bits per heavy atom. The highest BCUT2D eigenvalue weighted by atomic mass is 127. The molecule has 7 nitrogen and oxygen atoms in total. The molecule has 8 heteroatoms. The molecule has 1 aromatic rings. The van der Waals surface area contributed by atoms with Crippen molar-refractivity contribution in [3.63, 3.8) is 0 Å². The van der Waals surface area contributed by atoms with Crippen molar-refractivity contribution in [1.29, 1.82) is 0 Å². The number of benzene rings is 1. The van der Waals surface area contributed by atoms with Crippen LogP contribution in [0.5, 0.6) is 11.5 Å². The van der Waals surface area contributed by atoms with Gasteiger partial charge in [0.05, 0.1) is 27.4 Å². The fourth-order valence-electron chi connectivity index (χ4n) is 3.17. The van der Waals surface area contributed by atoms with Crippen LogP contribution in [0.1, 0.15) is 33.1 Å². The molecule has 1 fully saturated rings. The maximum Gasteiger partial charge on any atom is 0.191 e. The Morgan fingerprint density at radius 2 is 1.86 bits per heavy atom. The molecule has 1 saturated heterocycles. The molecule has 1 aromatic carbocycles. The minimum Gasteiger partial charge on any atom is -0.497 e. The lowest BCUT2D eigenvalue weighted by Crippen LogP contribution is -2.44. The summed E-state index contributed by atoms with van der Waals surface area (Å²) in [6.07, 6.45) is 3.32. The molecule has 0 amide bonds. The van der Waals surface area contributed by atoms with Crippen molar-refractivity contribution in [3.05, 3.63) is 18.2 Å². The van der Waals surface area contributed by atoms with Gasteiger partial charge in [-0.25, -0.2) is 0 Å². The van der Waals surface area contributed by atoms with Crippen molar-refractivity contribution < 1.29 is 14.2 Å². The van der Waals surface area contributed by atoms with E-state index < -0.39 is 0 Å². The molecule has 0 radical (unpaired) electrons. The number of anilines is 1. The van der Waals surface area contributed by atoms with E-state index in [0.717, 1.165) is 68.6 Å². The van der Waals surface area contributed by atoms with Crippen LogP contribution in [0.3, 0.4) is 0 Å². The molecule has 0 aromatic heterocycles. The Hall–Kier alpha value is -1.42. The zero-order chi connectivity index (χ0) is 20.2. The van der Waals surface area contributed by atoms with Crippen LogP contribution < -0.4 is 25.0 Å². The normalized spacial score (nSPS) is 16.3. The van der Waals surface area contributed by atoms with Gasteiger partial charge < -0.3 is 29.7 Å². The zero-order valence-corrected chi connectivity index (χ0v) is 20.5. The molecule has 0 spiro atoms.